The average molecular weight is 391 g/mol. The maximum absolute atomic E-state index is 3.83. The molecule has 0 fully saturated rings. The van der Waals surface area contributed by atoms with Gasteiger partial charge in [0, 0.05) is 21.7 Å². The van der Waals surface area contributed by atoms with E-state index in [2.05, 4.69) is 102 Å². The van der Waals surface area contributed by atoms with Crippen LogP contribution in [0.4, 0.5) is 0 Å². The molecule has 1 nitrogen and oxygen atoms in total. The lowest BCUT2D eigenvalue weighted by Gasteiger charge is -2.08. The average Bonchev–Trinajstić information content (AvgIpc) is 3.38. The Balaban J connectivity index is 1.71. The van der Waals surface area contributed by atoms with Crippen molar-refractivity contribution in [3.05, 3.63) is 97.1 Å². The van der Waals surface area contributed by atoms with Crippen LogP contribution >= 0.6 is 0 Å². The molecule has 1 heteroatoms. The van der Waals surface area contributed by atoms with Crippen molar-refractivity contribution in [1.82, 2.24) is 4.98 Å². The van der Waals surface area contributed by atoms with Crippen molar-refractivity contribution >= 4 is 54.1 Å². The molecular formula is C30H17N. The standard InChI is InChI=1S/C30H17N/c1-2-11-20-18(9-1)21-14-7-15-24-27(21)25(20)16-26-28(24)29-22-12-5-3-8-17(22)19-10-4-6-13-23(19)30(29)31-26/h1-16,31H. The molecule has 1 aliphatic rings. The van der Waals surface area contributed by atoms with Crippen LogP contribution in [0.5, 0.6) is 0 Å². The fraction of sp³-hybridized carbons (Fsp3) is 0. The number of nitrogens with one attached hydrogen (secondary N) is 1. The smallest absolute Gasteiger partial charge is 0.0551 e. The van der Waals surface area contributed by atoms with E-state index < -0.39 is 0 Å². The fourth-order valence-corrected chi connectivity index (χ4v) is 5.91. The molecule has 1 aliphatic carbocycles. The first-order valence-electron chi connectivity index (χ1n) is 10.8. The summed E-state index contributed by atoms with van der Waals surface area (Å²) in [7, 11) is 0. The molecular weight excluding hydrogens is 374 g/mol. The van der Waals surface area contributed by atoms with Gasteiger partial charge in [-0.05, 0) is 55.3 Å². The van der Waals surface area contributed by atoms with E-state index in [0.29, 0.717) is 0 Å². The van der Waals surface area contributed by atoms with Crippen LogP contribution in [0.25, 0.3) is 76.4 Å². The van der Waals surface area contributed by atoms with Crippen molar-refractivity contribution in [2.24, 2.45) is 0 Å². The Kier molecular flexibility index (Phi) is 2.70. The topological polar surface area (TPSA) is 15.8 Å². The van der Waals surface area contributed by atoms with E-state index in [-0.39, 0.29) is 0 Å². The lowest BCUT2D eigenvalue weighted by atomic mass is 9.94. The molecule has 0 spiro atoms. The van der Waals surface area contributed by atoms with Crippen molar-refractivity contribution in [3.63, 3.8) is 0 Å². The van der Waals surface area contributed by atoms with Crippen LogP contribution in [0.15, 0.2) is 97.1 Å². The van der Waals surface area contributed by atoms with E-state index in [0.717, 1.165) is 0 Å². The Hall–Kier alpha value is -4.10. The molecule has 0 bridgehead atoms. The molecule has 1 heterocycles. The highest BCUT2D eigenvalue weighted by Crippen LogP contribution is 2.51. The van der Waals surface area contributed by atoms with Gasteiger partial charge in [-0.1, -0.05) is 91.0 Å². The molecule has 0 saturated heterocycles. The fourth-order valence-electron chi connectivity index (χ4n) is 5.91. The highest BCUT2D eigenvalue weighted by atomic mass is 14.7. The van der Waals surface area contributed by atoms with Gasteiger partial charge in [0.1, 0.15) is 0 Å². The zero-order valence-electron chi connectivity index (χ0n) is 16.7. The summed E-state index contributed by atoms with van der Waals surface area (Å²) in [5.74, 6) is 0. The molecule has 0 unspecified atom stereocenters. The Morgan fingerprint density at radius 2 is 0.968 bits per heavy atom. The number of H-pyrrole nitrogens is 1. The Morgan fingerprint density at radius 3 is 1.77 bits per heavy atom. The summed E-state index contributed by atoms with van der Waals surface area (Å²) >= 11 is 0. The zero-order valence-corrected chi connectivity index (χ0v) is 16.7. The summed E-state index contributed by atoms with van der Waals surface area (Å²) in [4.78, 5) is 3.83. The summed E-state index contributed by atoms with van der Waals surface area (Å²) < 4.78 is 0. The van der Waals surface area contributed by atoms with E-state index in [1.807, 2.05) is 0 Å². The molecule has 0 atom stereocenters. The monoisotopic (exact) mass is 391 g/mol. The van der Waals surface area contributed by atoms with Crippen molar-refractivity contribution in [3.8, 4) is 22.3 Å². The second-order valence-electron chi connectivity index (χ2n) is 8.59. The lowest BCUT2D eigenvalue weighted by Crippen LogP contribution is -1.81. The van der Waals surface area contributed by atoms with Gasteiger partial charge in [-0.3, -0.25) is 0 Å². The quantitative estimate of drug-likeness (QED) is 0.250. The highest BCUT2D eigenvalue weighted by molar-refractivity contribution is 6.37. The molecule has 31 heavy (non-hydrogen) atoms. The SMILES string of the molecule is c1ccc2c(c1)-c1cccc3c1c-2cc1[nH]c2c4ccccc4c4ccccc4c2c13. The van der Waals surface area contributed by atoms with E-state index in [4.69, 9.17) is 0 Å². The number of hydrogen-bond donors (Lipinski definition) is 1. The summed E-state index contributed by atoms with van der Waals surface area (Å²) in [6, 6.07) is 35.5. The second kappa shape index (κ2) is 5.33. The third-order valence-electron chi connectivity index (χ3n) is 7.11. The first-order valence-corrected chi connectivity index (χ1v) is 10.8. The molecule has 8 rings (SSSR count). The van der Waals surface area contributed by atoms with Crippen molar-refractivity contribution < 1.29 is 0 Å². The van der Waals surface area contributed by atoms with Crippen LogP contribution in [0, 0.1) is 0 Å². The van der Waals surface area contributed by atoms with E-state index in [1.54, 1.807) is 0 Å². The van der Waals surface area contributed by atoms with Crippen LogP contribution in [0.2, 0.25) is 0 Å². The molecule has 0 aliphatic heterocycles. The van der Waals surface area contributed by atoms with Crippen LogP contribution in [0.1, 0.15) is 0 Å². The minimum atomic E-state index is 1.22. The van der Waals surface area contributed by atoms with Gasteiger partial charge in [0.2, 0.25) is 0 Å². The highest BCUT2D eigenvalue weighted by Gasteiger charge is 2.24. The number of aromatic nitrogens is 1. The van der Waals surface area contributed by atoms with Crippen molar-refractivity contribution in [1.29, 1.82) is 0 Å². The maximum atomic E-state index is 3.83. The van der Waals surface area contributed by atoms with Gasteiger partial charge in [-0.25, -0.2) is 0 Å². The summed E-state index contributed by atoms with van der Waals surface area (Å²) in [5, 5.41) is 10.6. The first-order chi connectivity index (χ1) is 15.4. The lowest BCUT2D eigenvalue weighted by molar-refractivity contribution is 1.57. The summed E-state index contributed by atoms with van der Waals surface area (Å²) in [6.07, 6.45) is 0. The maximum Gasteiger partial charge on any atom is 0.0551 e. The Morgan fingerprint density at radius 1 is 0.387 bits per heavy atom. The van der Waals surface area contributed by atoms with Crippen LogP contribution in [-0.4, -0.2) is 4.98 Å². The van der Waals surface area contributed by atoms with Gasteiger partial charge in [0.15, 0.2) is 0 Å². The van der Waals surface area contributed by atoms with Crippen LogP contribution in [0.3, 0.4) is 0 Å². The Bertz CT molecular complexity index is 1880. The van der Waals surface area contributed by atoms with Gasteiger partial charge in [-0.2, -0.15) is 0 Å². The van der Waals surface area contributed by atoms with Crippen LogP contribution < -0.4 is 0 Å². The third-order valence-corrected chi connectivity index (χ3v) is 7.11. The normalized spacial score (nSPS) is 12.5. The summed E-state index contributed by atoms with van der Waals surface area (Å²) in [6.45, 7) is 0. The molecule has 0 saturated carbocycles. The number of rotatable bonds is 0. The predicted octanol–water partition coefficient (Wildman–Crippen LogP) is 8.43. The van der Waals surface area contributed by atoms with E-state index in [1.165, 1.54) is 76.4 Å². The second-order valence-corrected chi connectivity index (χ2v) is 8.59. The summed E-state index contributed by atoms with van der Waals surface area (Å²) in [5.41, 5.74) is 7.83. The molecule has 0 amide bonds. The molecule has 0 radical (unpaired) electrons. The number of benzene rings is 6. The Labute approximate surface area is 178 Å². The predicted molar refractivity (Wildman–Crippen MR) is 133 cm³/mol. The first kappa shape index (κ1) is 15.7. The molecule has 6 aromatic carbocycles. The van der Waals surface area contributed by atoms with Gasteiger partial charge in [-0.15, -0.1) is 0 Å². The minimum absolute atomic E-state index is 1.22. The molecule has 142 valence electrons. The van der Waals surface area contributed by atoms with Crippen molar-refractivity contribution in [2.45, 2.75) is 0 Å². The molecule has 1 aromatic heterocycles. The zero-order chi connectivity index (χ0) is 20.1. The number of fused-ring (bicyclic) bond motifs is 12. The van der Waals surface area contributed by atoms with Gasteiger partial charge in [0.25, 0.3) is 0 Å². The van der Waals surface area contributed by atoms with E-state index in [9.17, 15) is 0 Å². The van der Waals surface area contributed by atoms with Crippen LogP contribution in [-0.2, 0) is 0 Å². The third kappa shape index (κ3) is 1.79. The van der Waals surface area contributed by atoms with Gasteiger partial charge < -0.3 is 4.98 Å². The van der Waals surface area contributed by atoms with Gasteiger partial charge >= 0.3 is 0 Å². The number of hydrogen-bond acceptors (Lipinski definition) is 0. The van der Waals surface area contributed by atoms with E-state index >= 15 is 0 Å². The number of aromatic amines is 1. The van der Waals surface area contributed by atoms with Gasteiger partial charge in [0.05, 0.1) is 5.52 Å². The minimum Gasteiger partial charge on any atom is -0.354 e. The molecule has 7 aromatic rings. The van der Waals surface area contributed by atoms with Crippen molar-refractivity contribution in [2.75, 3.05) is 0 Å². The molecule has 1 N–H and O–H groups in total. The largest absolute Gasteiger partial charge is 0.354 e.